The fourth-order valence-electron chi connectivity index (χ4n) is 1.92. The third kappa shape index (κ3) is 5.86. The Labute approximate surface area is 125 Å². The van der Waals surface area contributed by atoms with E-state index in [1.807, 2.05) is 31.2 Å². The minimum Gasteiger partial charge on any atom is -0.300 e. The summed E-state index contributed by atoms with van der Waals surface area (Å²) in [5.41, 5.74) is -0.450. The SMILES string of the molecule is CCCNC(C)(C#N)CC(C)Sc1ccc(Cl)cc1. The highest BCUT2D eigenvalue weighted by molar-refractivity contribution is 7.99. The summed E-state index contributed by atoms with van der Waals surface area (Å²) in [7, 11) is 0. The Morgan fingerprint density at radius 2 is 2.05 bits per heavy atom. The van der Waals surface area contributed by atoms with Gasteiger partial charge in [-0.05, 0) is 50.6 Å². The van der Waals surface area contributed by atoms with Gasteiger partial charge in [-0.1, -0.05) is 25.4 Å². The van der Waals surface area contributed by atoms with Crippen LogP contribution in [0.1, 0.15) is 33.6 Å². The molecule has 0 aliphatic rings. The lowest BCUT2D eigenvalue weighted by atomic mass is 9.98. The van der Waals surface area contributed by atoms with E-state index in [1.165, 1.54) is 4.90 Å². The summed E-state index contributed by atoms with van der Waals surface area (Å²) in [6.45, 7) is 7.11. The summed E-state index contributed by atoms with van der Waals surface area (Å²) >= 11 is 7.65. The van der Waals surface area contributed by atoms with E-state index in [2.05, 4.69) is 25.2 Å². The van der Waals surface area contributed by atoms with Crippen LogP contribution in [0.25, 0.3) is 0 Å². The van der Waals surface area contributed by atoms with E-state index in [0.717, 1.165) is 24.4 Å². The highest BCUT2D eigenvalue weighted by atomic mass is 35.5. The van der Waals surface area contributed by atoms with Crippen molar-refractivity contribution in [2.45, 2.75) is 49.3 Å². The number of benzene rings is 1. The lowest BCUT2D eigenvalue weighted by Gasteiger charge is -2.26. The smallest absolute Gasteiger partial charge is 0.104 e. The van der Waals surface area contributed by atoms with Crippen LogP contribution in [-0.4, -0.2) is 17.3 Å². The fourth-order valence-corrected chi connectivity index (χ4v) is 3.22. The van der Waals surface area contributed by atoms with Gasteiger partial charge in [-0.15, -0.1) is 11.8 Å². The highest BCUT2D eigenvalue weighted by Crippen LogP contribution is 2.29. The molecule has 2 unspecified atom stereocenters. The van der Waals surface area contributed by atoms with Crippen molar-refractivity contribution < 1.29 is 0 Å². The monoisotopic (exact) mass is 296 g/mol. The molecule has 4 heteroatoms. The van der Waals surface area contributed by atoms with Crippen LogP contribution in [0.5, 0.6) is 0 Å². The molecule has 0 fully saturated rings. The van der Waals surface area contributed by atoms with E-state index in [0.29, 0.717) is 5.25 Å². The Bertz CT molecular complexity index is 427. The van der Waals surface area contributed by atoms with Gasteiger partial charge in [0.1, 0.15) is 5.54 Å². The zero-order chi connectivity index (χ0) is 14.3. The number of halogens is 1. The summed E-state index contributed by atoms with van der Waals surface area (Å²) in [6.07, 6.45) is 1.85. The normalized spacial score (nSPS) is 15.5. The molecule has 0 aliphatic carbocycles. The van der Waals surface area contributed by atoms with Crippen molar-refractivity contribution in [3.05, 3.63) is 29.3 Å². The van der Waals surface area contributed by atoms with Crippen LogP contribution in [0.2, 0.25) is 5.02 Å². The van der Waals surface area contributed by atoms with Crippen LogP contribution < -0.4 is 5.32 Å². The van der Waals surface area contributed by atoms with Gasteiger partial charge in [0.15, 0.2) is 0 Å². The fraction of sp³-hybridized carbons (Fsp3) is 0.533. The van der Waals surface area contributed by atoms with Gasteiger partial charge < -0.3 is 0 Å². The molecule has 0 saturated carbocycles. The van der Waals surface area contributed by atoms with Crippen LogP contribution in [0.3, 0.4) is 0 Å². The summed E-state index contributed by atoms with van der Waals surface area (Å²) < 4.78 is 0. The van der Waals surface area contributed by atoms with Crippen LogP contribution >= 0.6 is 23.4 Å². The van der Waals surface area contributed by atoms with Gasteiger partial charge in [0.25, 0.3) is 0 Å². The summed E-state index contributed by atoms with van der Waals surface area (Å²) in [6, 6.07) is 10.2. The van der Waals surface area contributed by atoms with Gasteiger partial charge >= 0.3 is 0 Å². The molecule has 2 nitrogen and oxygen atoms in total. The van der Waals surface area contributed by atoms with Gasteiger partial charge in [-0.3, -0.25) is 5.32 Å². The molecule has 2 atom stereocenters. The zero-order valence-corrected chi connectivity index (χ0v) is 13.3. The number of nitriles is 1. The number of rotatable bonds is 7. The molecule has 1 N–H and O–H groups in total. The third-order valence-corrected chi connectivity index (χ3v) is 4.22. The van der Waals surface area contributed by atoms with E-state index in [1.54, 1.807) is 11.8 Å². The zero-order valence-electron chi connectivity index (χ0n) is 11.7. The lowest BCUT2D eigenvalue weighted by molar-refractivity contribution is 0.418. The molecule has 19 heavy (non-hydrogen) atoms. The molecule has 0 bridgehead atoms. The molecule has 0 aromatic heterocycles. The van der Waals surface area contributed by atoms with Crippen molar-refractivity contribution in [3.63, 3.8) is 0 Å². The lowest BCUT2D eigenvalue weighted by Crippen LogP contribution is -2.43. The van der Waals surface area contributed by atoms with Crippen LogP contribution in [0.15, 0.2) is 29.2 Å². The maximum Gasteiger partial charge on any atom is 0.104 e. The van der Waals surface area contributed by atoms with Crippen LogP contribution in [0, 0.1) is 11.3 Å². The van der Waals surface area contributed by atoms with Crippen LogP contribution in [0.4, 0.5) is 0 Å². The third-order valence-electron chi connectivity index (χ3n) is 2.86. The largest absolute Gasteiger partial charge is 0.300 e. The second-order valence-electron chi connectivity index (χ2n) is 4.96. The van der Waals surface area contributed by atoms with Crippen molar-refractivity contribution >= 4 is 23.4 Å². The average molecular weight is 297 g/mol. The molecular weight excluding hydrogens is 276 g/mol. The number of hydrogen-bond acceptors (Lipinski definition) is 3. The molecule has 0 aliphatic heterocycles. The molecule has 1 rings (SSSR count). The maximum atomic E-state index is 9.32. The highest BCUT2D eigenvalue weighted by Gasteiger charge is 2.25. The maximum absolute atomic E-state index is 9.32. The minimum absolute atomic E-state index is 0.371. The topological polar surface area (TPSA) is 35.8 Å². The summed E-state index contributed by atoms with van der Waals surface area (Å²) in [5.74, 6) is 0. The standard InChI is InChI=1S/C15H21ClN2S/c1-4-9-18-15(3,11-17)10-12(2)19-14-7-5-13(16)6-8-14/h5-8,12,18H,4,9-10H2,1-3H3. The van der Waals surface area contributed by atoms with Gasteiger partial charge in [0.2, 0.25) is 0 Å². The number of hydrogen-bond donors (Lipinski definition) is 1. The van der Waals surface area contributed by atoms with E-state index in [9.17, 15) is 5.26 Å². The number of thioether (sulfide) groups is 1. The van der Waals surface area contributed by atoms with Crippen LogP contribution in [-0.2, 0) is 0 Å². The number of nitrogens with zero attached hydrogens (tertiary/aromatic N) is 1. The molecule has 0 saturated heterocycles. The summed E-state index contributed by atoms with van der Waals surface area (Å²) in [4.78, 5) is 1.19. The quantitative estimate of drug-likeness (QED) is 0.753. The van der Waals surface area contributed by atoms with Gasteiger partial charge in [0, 0.05) is 15.2 Å². The molecule has 0 radical (unpaired) electrons. The number of nitrogens with one attached hydrogen (secondary N) is 1. The predicted octanol–water partition coefficient (Wildman–Crippen LogP) is 4.49. The first-order valence-electron chi connectivity index (χ1n) is 6.57. The molecular formula is C15H21ClN2S. The second-order valence-corrected chi connectivity index (χ2v) is 6.91. The first-order chi connectivity index (χ1) is 8.99. The molecule has 0 heterocycles. The van der Waals surface area contributed by atoms with Gasteiger partial charge in [-0.2, -0.15) is 5.26 Å². The molecule has 0 spiro atoms. The first-order valence-corrected chi connectivity index (χ1v) is 7.83. The van der Waals surface area contributed by atoms with E-state index < -0.39 is 5.54 Å². The Hall–Kier alpha value is -0.690. The minimum atomic E-state index is -0.450. The van der Waals surface area contributed by atoms with Crippen molar-refractivity contribution in [2.75, 3.05) is 6.54 Å². The van der Waals surface area contributed by atoms with Crippen molar-refractivity contribution in [2.24, 2.45) is 0 Å². The van der Waals surface area contributed by atoms with Crippen molar-refractivity contribution in [1.29, 1.82) is 5.26 Å². The molecule has 1 aromatic carbocycles. The van der Waals surface area contributed by atoms with E-state index >= 15 is 0 Å². The Morgan fingerprint density at radius 3 is 2.58 bits per heavy atom. The average Bonchev–Trinajstić information content (AvgIpc) is 2.39. The molecule has 1 aromatic rings. The van der Waals surface area contributed by atoms with E-state index in [4.69, 9.17) is 11.6 Å². The summed E-state index contributed by atoms with van der Waals surface area (Å²) in [5, 5.41) is 13.8. The molecule has 104 valence electrons. The van der Waals surface area contributed by atoms with Crippen molar-refractivity contribution in [1.82, 2.24) is 5.32 Å². The van der Waals surface area contributed by atoms with E-state index in [-0.39, 0.29) is 0 Å². The second kappa shape index (κ2) is 7.79. The predicted molar refractivity (Wildman–Crippen MR) is 83.7 cm³/mol. The van der Waals surface area contributed by atoms with Gasteiger partial charge in [-0.25, -0.2) is 0 Å². The molecule has 0 amide bonds. The first kappa shape index (κ1) is 16.4. The Balaban J connectivity index is 2.56. The Kier molecular flexibility index (Phi) is 6.71. The Morgan fingerprint density at radius 1 is 1.42 bits per heavy atom. The van der Waals surface area contributed by atoms with Crippen molar-refractivity contribution in [3.8, 4) is 6.07 Å². The van der Waals surface area contributed by atoms with Gasteiger partial charge in [0.05, 0.1) is 6.07 Å².